The van der Waals surface area contributed by atoms with Crippen molar-refractivity contribution in [2.45, 2.75) is 0 Å². The number of amides is 1. The van der Waals surface area contributed by atoms with Crippen LogP contribution in [0.25, 0.3) is 11.1 Å². The second-order valence-corrected chi connectivity index (χ2v) is 2.68. The molecule has 2 aromatic rings. The fourth-order valence-electron chi connectivity index (χ4n) is 1.10. The Morgan fingerprint density at radius 2 is 2.36 bits per heavy atom. The number of oxazole rings is 1. The summed E-state index contributed by atoms with van der Waals surface area (Å²) in [5.74, 6) is -0.866. The molecule has 2 N–H and O–H groups in total. The van der Waals surface area contributed by atoms with Crippen LogP contribution in [-0.2, 0) is 0 Å². The molecule has 0 atom stereocenters. The molecule has 0 aliphatic heterocycles. The van der Waals surface area contributed by atoms with Crippen LogP contribution in [-0.4, -0.2) is 10.9 Å². The first-order valence-corrected chi connectivity index (χ1v) is 3.81. The predicted molar refractivity (Wildman–Crippen MR) is 47.2 cm³/mol. The van der Waals surface area contributed by atoms with Gasteiger partial charge in [0.2, 0.25) is 0 Å². The van der Waals surface area contributed by atoms with Gasteiger partial charge in [0.1, 0.15) is 5.52 Å². The maximum absolute atomic E-state index is 10.7. The van der Waals surface area contributed by atoms with Crippen molar-refractivity contribution < 1.29 is 9.21 Å². The monoisotopic (exact) mass is 187 g/mol. The second-order valence-electron chi connectivity index (χ2n) is 2.68. The largest absolute Gasteiger partial charge is 0.432 e. The van der Waals surface area contributed by atoms with E-state index in [1.807, 2.05) is 6.07 Å². The van der Waals surface area contributed by atoms with E-state index in [9.17, 15) is 4.79 Å². The van der Waals surface area contributed by atoms with Gasteiger partial charge in [-0.2, -0.15) is 5.26 Å². The topological polar surface area (TPSA) is 92.9 Å². The van der Waals surface area contributed by atoms with Crippen LogP contribution >= 0.6 is 0 Å². The molecule has 14 heavy (non-hydrogen) atoms. The Labute approximate surface area is 78.8 Å². The normalized spacial score (nSPS) is 9.93. The molecule has 2 rings (SSSR count). The van der Waals surface area contributed by atoms with Crippen molar-refractivity contribution in [3.63, 3.8) is 0 Å². The number of hydrogen-bond donors (Lipinski definition) is 1. The van der Waals surface area contributed by atoms with Gasteiger partial charge in [-0.05, 0) is 12.1 Å². The van der Waals surface area contributed by atoms with E-state index >= 15 is 0 Å². The molecule has 0 saturated carbocycles. The third-order valence-corrected chi connectivity index (χ3v) is 1.73. The molecule has 5 heteroatoms. The standard InChI is InChI=1S/C9H5N3O2/c10-4-5-1-2-6-7(3-5)14-9(12-6)8(11)13/h1-3H,(H2,11,13). The van der Waals surface area contributed by atoms with Gasteiger partial charge in [-0.15, -0.1) is 0 Å². The first-order chi connectivity index (χ1) is 6.70. The number of nitriles is 1. The van der Waals surface area contributed by atoms with E-state index in [0.29, 0.717) is 16.7 Å². The van der Waals surface area contributed by atoms with Gasteiger partial charge in [0.15, 0.2) is 5.58 Å². The number of primary amides is 1. The maximum atomic E-state index is 10.7. The molecule has 0 aliphatic rings. The molecule has 0 fully saturated rings. The molecule has 68 valence electrons. The molecule has 0 unspecified atom stereocenters. The molecular formula is C9H5N3O2. The van der Waals surface area contributed by atoms with Crippen LogP contribution in [0.3, 0.4) is 0 Å². The van der Waals surface area contributed by atoms with Crippen molar-refractivity contribution >= 4 is 17.0 Å². The van der Waals surface area contributed by atoms with Crippen molar-refractivity contribution in [2.75, 3.05) is 0 Å². The molecular weight excluding hydrogens is 182 g/mol. The van der Waals surface area contributed by atoms with Crippen molar-refractivity contribution in [1.29, 1.82) is 5.26 Å². The van der Waals surface area contributed by atoms with Gasteiger partial charge in [0.25, 0.3) is 5.89 Å². The van der Waals surface area contributed by atoms with Gasteiger partial charge >= 0.3 is 5.91 Å². The van der Waals surface area contributed by atoms with Crippen LogP contribution in [0.1, 0.15) is 16.2 Å². The molecule has 0 bridgehead atoms. The Hall–Kier alpha value is -2.35. The summed E-state index contributed by atoms with van der Waals surface area (Å²) in [4.78, 5) is 14.6. The van der Waals surface area contributed by atoms with E-state index < -0.39 is 5.91 Å². The molecule has 1 amide bonds. The molecule has 0 aliphatic carbocycles. The molecule has 0 spiro atoms. The van der Waals surface area contributed by atoms with Crippen LogP contribution in [0.5, 0.6) is 0 Å². The zero-order valence-corrected chi connectivity index (χ0v) is 7.02. The van der Waals surface area contributed by atoms with Crippen LogP contribution in [0.4, 0.5) is 0 Å². The number of benzene rings is 1. The highest BCUT2D eigenvalue weighted by molar-refractivity contribution is 5.91. The lowest BCUT2D eigenvalue weighted by atomic mass is 10.2. The maximum Gasteiger partial charge on any atom is 0.304 e. The molecule has 1 heterocycles. The highest BCUT2D eigenvalue weighted by Gasteiger charge is 2.10. The van der Waals surface area contributed by atoms with Gasteiger partial charge in [-0.25, -0.2) is 4.98 Å². The van der Waals surface area contributed by atoms with Crippen molar-refractivity contribution in [1.82, 2.24) is 4.98 Å². The summed E-state index contributed by atoms with van der Waals surface area (Å²) in [5.41, 5.74) is 6.34. The summed E-state index contributed by atoms with van der Waals surface area (Å²) in [6.07, 6.45) is 0. The number of carbonyl (C=O) groups is 1. The minimum absolute atomic E-state index is 0.143. The van der Waals surface area contributed by atoms with Gasteiger partial charge in [-0.1, -0.05) is 0 Å². The van der Waals surface area contributed by atoms with Gasteiger partial charge in [0, 0.05) is 6.07 Å². The minimum Gasteiger partial charge on any atom is -0.432 e. The lowest BCUT2D eigenvalue weighted by molar-refractivity contribution is 0.0969. The van der Waals surface area contributed by atoms with Crippen LogP contribution in [0, 0.1) is 11.3 Å². The molecule has 0 radical (unpaired) electrons. The number of fused-ring (bicyclic) bond motifs is 1. The summed E-state index contributed by atoms with van der Waals surface area (Å²) < 4.78 is 5.04. The third-order valence-electron chi connectivity index (χ3n) is 1.73. The molecule has 5 nitrogen and oxygen atoms in total. The highest BCUT2D eigenvalue weighted by Crippen LogP contribution is 2.16. The minimum atomic E-state index is -0.722. The van der Waals surface area contributed by atoms with Crippen molar-refractivity contribution in [2.24, 2.45) is 5.73 Å². The average molecular weight is 187 g/mol. The summed E-state index contributed by atoms with van der Waals surface area (Å²) in [7, 11) is 0. The van der Waals surface area contributed by atoms with Gasteiger partial charge in [-0.3, -0.25) is 4.79 Å². The fraction of sp³-hybridized carbons (Fsp3) is 0. The van der Waals surface area contributed by atoms with Gasteiger partial charge < -0.3 is 10.2 Å². The van der Waals surface area contributed by atoms with E-state index in [-0.39, 0.29) is 5.89 Å². The van der Waals surface area contributed by atoms with Crippen LogP contribution in [0.2, 0.25) is 0 Å². The third kappa shape index (κ3) is 1.19. The highest BCUT2D eigenvalue weighted by atomic mass is 16.4. The zero-order chi connectivity index (χ0) is 10.1. The lowest BCUT2D eigenvalue weighted by Crippen LogP contribution is -2.10. The second kappa shape index (κ2) is 2.85. The van der Waals surface area contributed by atoms with Crippen LogP contribution in [0.15, 0.2) is 22.6 Å². The van der Waals surface area contributed by atoms with E-state index in [0.717, 1.165) is 0 Å². The molecule has 1 aromatic carbocycles. The first-order valence-electron chi connectivity index (χ1n) is 3.81. The van der Waals surface area contributed by atoms with E-state index in [1.54, 1.807) is 12.1 Å². The summed E-state index contributed by atoms with van der Waals surface area (Å²) in [5, 5.41) is 8.61. The first kappa shape index (κ1) is 8.26. The Morgan fingerprint density at radius 1 is 1.57 bits per heavy atom. The Kier molecular flexibility index (Phi) is 1.68. The smallest absolute Gasteiger partial charge is 0.304 e. The number of nitrogens with zero attached hydrogens (tertiary/aromatic N) is 2. The summed E-state index contributed by atoms with van der Waals surface area (Å²) in [6.45, 7) is 0. The number of aromatic nitrogens is 1. The summed E-state index contributed by atoms with van der Waals surface area (Å²) >= 11 is 0. The predicted octanol–water partition coefficient (Wildman–Crippen LogP) is 0.798. The number of carbonyl (C=O) groups excluding carboxylic acids is 1. The average Bonchev–Trinajstić information content (AvgIpc) is 2.59. The van der Waals surface area contributed by atoms with Gasteiger partial charge in [0.05, 0.1) is 11.6 Å². The van der Waals surface area contributed by atoms with E-state index in [4.69, 9.17) is 15.4 Å². The summed E-state index contributed by atoms with van der Waals surface area (Å²) in [6, 6.07) is 6.66. The lowest BCUT2D eigenvalue weighted by Gasteiger charge is -1.85. The van der Waals surface area contributed by atoms with E-state index in [2.05, 4.69) is 4.98 Å². The fourth-order valence-corrected chi connectivity index (χ4v) is 1.10. The molecule has 1 aromatic heterocycles. The Balaban J connectivity index is 2.67. The van der Waals surface area contributed by atoms with E-state index in [1.165, 1.54) is 6.07 Å². The Bertz CT molecular complexity index is 551. The zero-order valence-electron chi connectivity index (χ0n) is 7.02. The Morgan fingerprint density at radius 3 is 3.00 bits per heavy atom. The number of hydrogen-bond acceptors (Lipinski definition) is 4. The molecule has 0 saturated heterocycles. The van der Waals surface area contributed by atoms with Crippen LogP contribution < -0.4 is 5.73 Å². The number of nitrogens with two attached hydrogens (primary N) is 1. The van der Waals surface area contributed by atoms with Crippen molar-refractivity contribution in [3.05, 3.63) is 29.7 Å². The quantitative estimate of drug-likeness (QED) is 0.714. The van der Waals surface area contributed by atoms with Crippen molar-refractivity contribution in [3.8, 4) is 6.07 Å². The number of rotatable bonds is 1. The SMILES string of the molecule is N#Cc1ccc2nc(C(N)=O)oc2c1.